The van der Waals surface area contributed by atoms with Crippen LogP contribution in [0.3, 0.4) is 0 Å². The Balaban J connectivity index is 1.92. The van der Waals surface area contributed by atoms with Crippen molar-refractivity contribution in [3.8, 4) is 0 Å². The van der Waals surface area contributed by atoms with Gasteiger partial charge < -0.3 is 10.4 Å². The lowest BCUT2D eigenvalue weighted by atomic mass is 10.0. The van der Waals surface area contributed by atoms with Crippen molar-refractivity contribution in [1.82, 2.24) is 5.32 Å². The summed E-state index contributed by atoms with van der Waals surface area (Å²) in [5.74, 6) is 0.693. The van der Waals surface area contributed by atoms with Gasteiger partial charge in [-0.15, -0.1) is 11.3 Å². The van der Waals surface area contributed by atoms with E-state index < -0.39 is 0 Å². The Morgan fingerprint density at radius 1 is 1.47 bits per heavy atom. The molecule has 96 valence electrons. The summed E-state index contributed by atoms with van der Waals surface area (Å²) in [5, 5.41) is 15.1. The largest absolute Gasteiger partial charge is 0.396 e. The minimum atomic E-state index is 0.201. The smallest absolute Gasteiger partial charge is 0.0499 e. The Morgan fingerprint density at radius 2 is 2.24 bits per heavy atom. The van der Waals surface area contributed by atoms with Crippen LogP contribution < -0.4 is 5.32 Å². The highest BCUT2D eigenvalue weighted by atomic mass is 32.1. The molecular formula is C14H23NOS. The number of thiophene rings is 1. The SMILES string of the molecule is CC(C)CC(NCC1(CO)CC1)c1cccs1. The lowest BCUT2D eigenvalue weighted by Crippen LogP contribution is -2.30. The fraction of sp³-hybridized carbons (Fsp3) is 0.714. The summed E-state index contributed by atoms with van der Waals surface area (Å²) in [7, 11) is 0. The maximum absolute atomic E-state index is 9.34. The summed E-state index contributed by atoms with van der Waals surface area (Å²) < 4.78 is 0. The van der Waals surface area contributed by atoms with Gasteiger partial charge in [0.2, 0.25) is 0 Å². The van der Waals surface area contributed by atoms with Crippen molar-refractivity contribution >= 4 is 11.3 Å². The summed E-state index contributed by atoms with van der Waals surface area (Å²) in [6, 6.07) is 4.79. The van der Waals surface area contributed by atoms with Gasteiger partial charge in [0.15, 0.2) is 0 Å². The van der Waals surface area contributed by atoms with Gasteiger partial charge in [0.25, 0.3) is 0 Å². The summed E-state index contributed by atoms with van der Waals surface area (Å²) in [4.78, 5) is 1.42. The summed E-state index contributed by atoms with van der Waals surface area (Å²) >= 11 is 1.83. The van der Waals surface area contributed by atoms with Crippen LogP contribution in [0, 0.1) is 11.3 Å². The molecule has 0 radical (unpaired) electrons. The molecule has 1 aliphatic rings. The molecule has 3 heteroatoms. The first-order valence-electron chi connectivity index (χ1n) is 6.53. The first-order chi connectivity index (χ1) is 8.15. The van der Waals surface area contributed by atoms with E-state index in [9.17, 15) is 5.11 Å². The van der Waals surface area contributed by atoms with Crippen molar-refractivity contribution in [3.05, 3.63) is 22.4 Å². The number of aliphatic hydroxyl groups excluding tert-OH is 1. The zero-order chi connectivity index (χ0) is 12.3. The Morgan fingerprint density at radius 3 is 2.71 bits per heavy atom. The molecular weight excluding hydrogens is 230 g/mol. The van der Waals surface area contributed by atoms with E-state index in [1.165, 1.54) is 24.1 Å². The zero-order valence-corrected chi connectivity index (χ0v) is 11.6. The van der Waals surface area contributed by atoms with E-state index in [4.69, 9.17) is 0 Å². The maximum Gasteiger partial charge on any atom is 0.0499 e. The standard InChI is InChI=1S/C14H23NOS/c1-11(2)8-12(13-4-3-7-17-13)15-9-14(10-16)5-6-14/h3-4,7,11-12,15-16H,5-6,8-10H2,1-2H3. The number of aliphatic hydroxyl groups is 1. The molecule has 2 nitrogen and oxygen atoms in total. The van der Waals surface area contributed by atoms with Gasteiger partial charge in [-0.05, 0) is 36.6 Å². The van der Waals surface area contributed by atoms with E-state index in [1.807, 2.05) is 11.3 Å². The number of hydrogen-bond donors (Lipinski definition) is 2. The molecule has 0 saturated heterocycles. The fourth-order valence-electron chi connectivity index (χ4n) is 2.17. The predicted octanol–water partition coefficient (Wildman–Crippen LogP) is 3.20. The molecule has 1 saturated carbocycles. The number of rotatable bonds is 7. The van der Waals surface area contributed by atoms with Crippen molar-refractivity contribution < 1.29 is 5.11 Å². The van der Waals surface area contributed by atoms with Crippen LogP contribution in [0.5, 0.6) is 0 Å². The van der Waals surface area contributed by atoms with Crippen molar-refractivity contribution in [2.75, 3.05) is 13.2 Å². The Labute approximate surface area is 108 Å². The molecule has 1 aromatic heterocycles. The second-order valence-electron chi connectivity index (χ2n) is 5.74. The van der Waals surface area contributed by atoms with Crippen molar-refractivity contribution in [1.29, 1.82) is 0 Å². The Hall–Kier alpha value is -0.380. The van der Waals surface area contributed by atoms with Crippen LogP contribution in [0.1, 0.15) is 44.0 Å². The van der Waals surface area contributed by atoms with Gasteiger partial charge in [0.1, 0.15) is 0 Å². The molecule has 0 bridgehead atoms. The van der Waals surface area contributed by atoms with Crippen LogP contribution >= 0.6 is 11.3 Å². The van der Waals surface area contributed by atoms with Crippen LogP contribution in [0.25, 0.3) is 0 Å². The lowest BCUT2D eigenvalue weighted by Gasteiger charge is -2.22. The van der Waals surface area contributed by atoms with Gasteiger partial charge in [0.05, 0.1) is 0 Å². The second-order valence-corrected chi connectivity index (χ2v) is 6.72. The molecule has 1 aliphatic carbocycles. The first-order valence-corrected chi connectivity index (χ1v) is 7.41. The van der Waals surface area contributed by atoms with E-state index in [1.54, 1.807) is 0 Å². The fourth-order valence-corrected chi connectivity index (χ4v) is 2.98. The molecule has 1 aromatic rings. The van der Waals surface area contributed by atoms with E-state index in [-0.39, 0.29) is 5.41 Å². The van der Waals surface area contributed by atoms with Gasteiger partial charge in [-0.2, -0.15) is 0 Å². The third kappa shape index (κ3) is 3.54. The van der Waals surface area contributed by atoms with Gasteiger partial charge in [-0.25, -0.2) is 0 Å². The summed E-state index contributed by atoms with van der Waals surface area (Å²) in [6.45, 7) is 5.82. The normalized spacial score (nSPS) is 19.5. The minimum absolute atomic E-state index is 0.201. The van der Waals surface area contributed by atoms with Crippen LogP contribution in [-0.4, -0.2) is 18.3 Å². The van der Waals surface area contributed by atoms with Crippen LogP contribution in [0.15, 0.2) is 17.5 Å². The third-order valence-electron chi connectivity index (χ3n) is 3.61. The van der Waals surface area contributed by atoms with Crippen molar-refractivity contribution in [2.45, 2.75) is 39.2 Å². The average Bonchev–Trinajstić information content (AvgIpc) is 2.87. The van der Waals surface area contributed by atoms with Crippen molar-refractivity contribution in [3.63, 3.8) is 0 Å². The molecule has 1 atom stereocenters. The number of hydrogen-bond acceptors (Lipinski definition) is 3. The maximum atomic E-state index is 9.34. The van der Waals surface area contributed by atoms with Crippen LogP contribution in [-0.2, 0) is 0 Å². The molecule has 0 amide bonds. The molecule has 2 N–H and O–H groups in total. The zero-order valence-electron chi connectivity index (χ0n) is 10.8. The summed E-state index contributed by atoms with van der Waals surface area (Å²) in [5.41, 5.74) is 0.201. The lowest BCUT2D eigenvalue weighted by molar-refractivity contribution is 0.202. The predicted molar refractivity (Wildman–Crippen MR) is 73.3 cm³/mol. The molecule has 0 aliphatic heterocycles. The molecule has 1 unspecified atom stereocenters. The van der Waals surface area contributed by atoms with Crippen LogP contribution in [0.2, 0.25) is 0 Å². The molecule has 1 heterocycles. The van der Waals surface area contributed by atoms with E-state index in [0.717, 1.165) is 6.54 Å². The third-order valence-corrected chi connectivity index (χ3v) is 4.60. The van der Waals surface area contributed by atoms with Gasteiger partial charge in [-0.1, -0.05) is 19.9 Å². The highest BCUT2D eigenvalue weighted by molar-refractivity contribution is 7.10. The quantitative estimate of drug-likeness (QED) is 0.782. The minimum Gasteiger partial charge on any atom is -0.396 e. The highest BCUT2D eigenvalue weighted by Gasteiger charge is 2.42. The Bertz CT molecular complexity index is 330. The van der Waals surface area contributed by atoms with E-state index in [0.29, 0.717) is 18.6 Å². The van der Waals surface area contributed by atoms with Gasteiger partial charge in [-0.3, -0.25) is 0 Å². The van der Waals surface area contributed by atoms with Gasteiger partial charge >= 0.3 is 0 Å². The van der Waals surface area contributed by atoms with E-state index >= 15 is 0 Å². The molecule has 2 rings (SSSR count). The molecule has 0 aromatic carbocycles. The molecule has 0 spiro atoms. The monoisotopic (exact) mass is 253 g/mol. The topological polar surface area (TPSA) is 32.3 Å². The Kier molecular flexibility index (Phi) is 4.23. The van der Waals surface area contributed by atoms with Gasteiger partial charge in [0, 0.05) is 29.5 Å². The molecule has 17 heavy (non-hydrogen) atoms. The van der Waals surface area contributed by atoms with Crippen molar-refractivity contribution in [2.24, 2.45) is 11.3 Å². The molecule has 1 fully saturated rings. The summed E-state index contributed by atoms with van der Waals surface area (Å²) in [6.07, 6.45) is 3.52. The second kappa shape index (κ2) is 5.51. The highest BCUT2D eigenvalue weighted by Crippen LogP contribution is 2.44. The number of nitrogens with one attached hydrogen (secondary N) is 1. The first kappa shape index (κ1) is 13.1. The average molecular weight is 253 g/mol. The van der Waals surface area contributed by atoms with Crippen LogP contribution in [0.4, 0.5) is 0 Å². The van der Waals surface area contributed by atoms with E-state index in [2.05, 4.69) is 36.7 Å².